The van der Waals surface area contributed by atoms with Crippen molar-refractivity contribution in [2.45, 2.75) is 46.3 Å². The van der Waals surface area contributed by atoms with E-state index in [0.29, 0.717) is 19.6 Å². The van der Waals surface area contributed by atoms with Crippen LogP contribution in [-0.2, 0) is 17.7 Å². The molecule has 1 aromatic heterocycles. The Bertz CT molecular complexity index is 546. The van der Waals surface area contributed by atoms with Gasteiger partial charge >= 0.3 is 6.09 Å². The van der Waals surface area contributed by atoms with E-state index in [-0.39, 0.29) is 6.09 Å². The summed E-state index contributed by atoms with van der Waals surface area (Å²) in [5.74, 6) is 0.851. The third-order valence-electron chi connectivity index (χ3n) is 3.20. The number of hydrogen-bond acceptors (Lipinski definition) is 5. The van der Waals surface area contributed by atoms with Crippen LogP contribution in [0.3, 0.4) is 0 Å². The zero-order valence-electron chi connectivity index (χ0n) is 13.8. The van der Waals surface area contributed by atoms with Crippen LogP contribution in [0.4, 0.5) is 4.79 Å². The Labute approximate surface area is 136 Å². The van der Waals surface area contributed by atoms with E-state index in [1.54, 1.807) is 4.90 Å². The minimum atomic E-state index is -0.465. The summed E-state index contributed by atoms with van der Waals surface area (Å²) in [6.45, 7) is 10.3. The highest BCUT2D eigenvalue weighted by atomic mass is 32.1. The quantitative estimate of drug-likeness (QED) is 0.930. The normalized spacial score (nSPS) is 15.5. The van der Waals surface area contributed by atoms with Crippen molar-refractivity contribution in [3.05, 3.63) is 21.9 Å². The van der Waals surface area contributed by atoms with Gasteiger partial charge in [-0.1, -0.05) is 6.92 Å². The van der Waals surface area contributed by atoms with Crippen molar-refractivity contribution in [2.24, 2.45) is 4.99 Å². The van der Waals surface area contributed by atoms with Crippen molar-refractivity contribution in [3.8, 4) is 0 Å². The monoisotopic (exact) mass is 323 g/mol. The van der Waals surface area contributed by atoms with Crippen molar-refractivity contribution >= 4 is 23.3 Å². The molecular formula is C16H25N3O2S. The highest BCUT2D eigenvalue weighted by Crippen LogP contribution is 2.16. The van der Waals surface area contributed by atoms with Gasteiger partial charge in [0.2, 0.25) is 0 Å². The Morgan fingerprint density at radius 1 is 1.41 bits per heavy atom. The largest absolute Gasteiger partial charge is 0.444 e. The first-order chi connectivity index (χ1) is 10.4. The van der Waals surface area contributed by atoms with Gasteiger partial charge in [0.1, 0.15) is 11.4 Å². The Kier molecular flexibility index (Phi) is 5.45. The molecule has 2 heterocycles. The molecule has 0 saturated heterocycles. The Morgan fingerprint density at radius 3 is 2.77 bits per heavy atom. The number of nitrogens with one attached hydrogen (secondary N) is 1. The number of amidine groups is 1. The first-order valence-electron chi connectivity index (χ1n) is 7.70. The van der Waals surface area contributed by atoms with Crippen LogP contribution in [0.25, 0.3) is 0 Å². The van der Waals surface area contributed by atoms with Gasteiger partial charge in [0.15, 0.2) is 0 Å². The lowest BCUT2D eigenvalue weighted by atomic mass is 10.2. The molecule has 22 heavy (non-hydrogen) atoms. The lowest BCUT2D eigenvalue weighted by Gasteiger charge is -2.29. The van der Waals surface area contributed by atoms with E-state index < -0.39 is 5.60 Å². The Hall–Kier alpha value is -1.56. The van der Waals surface area contributed by atoms with Gasteiger partial charge in [0, 0.05) is 16.3 Å². The fourth-order valence-electron chi connectivity index (χ4n) is 2.11. The average Bonchev–Trinajstić information content (AvgIpc) is 2.92. The van der Waals surface area contributed by atoms with Gasteiger partial charge in [0.05, 0.1) is 19.6 Å². The third-order valence-corrected chi connectivity index (χ3v) is 4.43. The summed E-state index contributed by atoms with van der Waals surface area (Å²) in [5.41, 5.74) is -0.465. The van der Waals surface area contributed by atoms with Gasteiger partial charge in [-0.3, -0.25) is 9.89 Å². The molecule has 0 saturated carbocycles. The number of nitrogens with zero attached hydrogens (tertiary/aromatic N) is 2. The molecule has 6 heteroatoms. The maximum Gasteiger partial charge on any atom is 0.410 e. The van der Waals surface area contributed by atoms with Gasteiger partial charge < -0.3 is 10.1 Å². The second-order valence-electron chi connectivity index (χ2n) is 6.31. The van der Waals surface area contributed by atoms with Crippen LogP contribution in [0.5, 0.6) is 0 Å². The molecule has 0 bridgehead atoms. The lowest BCUT2D eigenvalue weighted by molar-refractivity contribution is 0.0276. The highest BCUT2D eigenvalue weighted by Gasteiger charge is 2.24. The average molecular weight is 323 g/mol. The number of ether oxygens (including phenoxy) is 1. The molecule has 0 atom stereocenters. The molecule has 0 unspecified atom stereocenters. The predicted molar refractivity (Wildman–Crippen MR) is 90.6 cm³/mol. The van der Waals surface area contributed by atoms with E-state index in [1.807, 2.05) is 32.1 Å². The van der Waals surface area contributed by atoms with E-state index in [4.69, 9.17) is 4.74 Å². The molecule has 0 fully saturated rings. The van der Waals surface area contributed by atoms with Crippen molar-refractivity contribution in [2.75, 3.05) is 19.6 Å². The molecule has 0 aliphatic carbocycles. The molecule has 1 aliphatic rings. The highest BCUT2D eigenvalue weighted by molar-refractivity contribution is 7.11. The van der Waals surface area contributed by atoms with Gasteiger partial charge in [-0.2, -0.15) is 0 Å². The van der Waals surface area contributed by atoms with Crippen molar-refractivity contribution in [1.29, 1.82) is 0 Å². The summed E-state index contributed by atoms with van der Waals surface area (Å²) < 4.78 is 5.41. The lowest BCUT2D eigenvalue weighted by Crippen LogP contribution is -2.47. The molecule has 0 aromatic carbocycles. The minimum absolute atomic E-state index is 0.272. The van der Waals surface area contributed by atoms with Crippen molar-refractivity contribution < 1.29 is 9.53 Å². The van der Waals surface area contributed by atoms with Gasteiger partial charge in [-0.15, -0.1) is 11.3 Å². The third kappa shape index (κ3) is 5.02. The Balaban J connectivity index is 1.85. The number of rotatable bonds is 3. The van der Waals surface area contributed by atoms with Crippen molar-refractivity contribution in [1.82, 2.24) is 10.2 Å². The molecule has 1 aliphatic heterocycles. The number of carbonyl (C=O) groups excluding carboxylic acids is 1. The van der Waals surface area contributed by atoms with E-state index in [2.05, 4.69) is 29.4 Å². The first-order valence-corrected chi connectivity index (χ1v) is 8.52. The molecule has 0 radical (unpaired) electrons. The van der Waals surface area contributed by atoms with Crippen LogP contribution >= 0.6 is 11.3 Å². The summed E-state index contributed by atoms with van der Waals surface area (Å²) in [6.07, 6.45) is 0.795. The number of amides is 1. The van der Waals surface area contributed by atoms with E-state index in [0.717, 1.165) is 18.8 Å². The van der Waals surface area contributed by atoms with Gasteiger partial charge in [-0.25, -0.2) is 4.79 Å². The van der Waals surface area contributed by atoms with Crippen LogP contribution in [0.1, 0.15) is 37.4 Å². The second-order valence-corrected chi connectivity index (χ2v) is 7.56. The van der Waals surface area contributed by atoms with Crippen LogP contribution in [-0.4, -0.2) is 42.1 Å². The topological polar surface area (TPSA) is 53.9 Å². The molecule has 122 valence electrons. The van der Waals surface area contributed by atoms with Crippen LogP contribution in [0.2, 0.25) is 0 Å². The molecular weight excluding hydrogens is 298 g/mol. The second kappa shape index (κ2) is 7.13. The fourth-order valence-corrected chi connectivity index (χ4v) is 3.00. The molecule has 2 rings (SSSR count). The molecule has 1 aromatic rings. The summed E-state index contributed by atoms with van der Waals surface area (Å²) in [6, 6.07) is 4.31. The number of thiophene rings is 1. The van der Waals surface area contributed by atoms with E-state index >= 15 is 0 Å². The summed E-state index contributed by atoms with van der Waals surface area (Å²) in [5, 5.41) is 3.33. The number of hydrogen-bond donors (Lipinski definition) is 1. The standard InChI is InChI=1S/C16H25N3O2S/c1-5-12-6-7-13(22-12)10-18-14-11-19(9-8-17-14)15(20)21-16(2,3)4/h6-7H,5,8-11H2,1-4H3,(H,17,18). The number of carbonyl (C=O) groups is 1. The van der Waals surface area contributed by atoms with Gasteiger partial charge in [0.25, 0.3) is 0 Å². The SMILES string of the molecule is CCc1ccc(CNC2=NCCN(C(=O)OC(C)(C)C)C2)s1. The molecule has 5 nitrogen and oxygen atoms in total. The maximum atomic E-state index is 12.1. The zero-order chi connectivity index (χ0) is 16.2. The molecule has 1 N–H and O–H groups in total. The predicted octanol–water partition coefficient (Wildman–Crippen LogP) is 3.05. The first kappa shape index (κ1) is 16.8. The van der Waals surface area contributed by atoms with Crippen molar-refractivity contribution in [3.63, 3.8) is 0 Å². The zero-order valence-corrected chi connectivity index (χ0v) is 14.6. The fraction of sp³-hybridized carbons (Fsp3) is 0.625. The summed E-state index contributed by atoms with van der Waals surface area (Å²) >= 11 is 1.81. The number of aryl methyl sites for hydroxylation is 1. The number of aliphatic imine (C=N–C) groups is 1. The van der Waals surface area contributed by atoms with E-state index in [1.165, 1.54) is 9.75 Å². The molecule has 0 spiro atoms. The summed E-state index contributed by atoms with van der Waals surface area (Å²) in [7, 11) is 0. The van der Waals surface area contributed by atoms with Crippen LogP contribution in [0, 0.1) is 0 Å². The molecule has 1 amide bonds. The minimum Gasteiger partial charge on any atom is -0.444 e. The van der Waals surface area contributed by atoms with Gasteiger partial charge in [-0.05, 0) is 39.3 Å². The Morgan fingerprint density at radius 2 is 2.14 bits per heavy atom. The van der Waals surface area contributed by atoms with E-state index in [9.17, 15) is 4.79 Å². The summed E-state index contributed by atoms with van der Waals surface area (Å²) in [4.78, 5) is 20.9. The van der Waals surface area contributed by atoms with Crippen LogP contribution < -0.4 is 5.32 Å². The maximum absolute atomic E-state index is 12.1. The smallest absolute Gasteiger partial charge is 0.410 e. The van der Waals surface area contributed by atoms with Crippen LogP contribution in [0.15, 0.2) is 17.1 Å².